The summed E-state index contributed by atoms with van der Waals surface area (Å²) in [5, 5.41) is 2.75. The van der Waals surface area contributed by atoms with Gasteiger partial charge < -0.3 is 15.8 Å². The Labute approximate surface area is 89.4 Å². The van der Waals surface area contributed by atoms with Gasteiger partial charge in [0.05, 0.1) is 0 Å². The van der Waals surface area contributed by atoms with Gasteiger partial charge in [0.15, 0.2) is 0 Å². The third-order valence-corrected chi connectivity index (χ3v) is 1.99. The monoisotopic (exact) mass is 208 g/mol. The van der Waals surface area contributed by atoms with Crippen LogP contribution in [0.5, 0.6) is 0 Å². The molecule has 0 aromatic heterocycles. The van der Waals surface area contributed by atoms with Crippen LogP contribution in [-0.2, 0) is 16.0 Å². The Hall–Kier alpha value is -1.55. The maximum atomic E-state index is 11.0. The summed E-state index contributed by atoms with van der Waals surface area (Å²) in [6.07, 6.45) is 0.801. The fourth-order valence-corrected chi connectivity index (χ4v) is 1.21. The number of nitrogens with one attached hydrogen (secondary N) is 1. The zero-order valence-corrected chi connectivity index (χ0v) is 8.82. The predicted molar refractivity (Wildman–Crippen MR) is 59.4 cm³/mol. The van der Waals surface area contributed by atoms with E-state index in [0.717, 1.165) is 17.7 Å². The summed E-state index contributed by atoms with van der Waals surface area (Å²) >= 11 is 0. The van der Waals surface area contributed by atoms with Gasteiger partial charge in [-0.2, -0.15) is 0 Å². The minimum atomic E-state index is -0.0899. The van der Waals surface area contributed by atoms with Crippen LogP contribution in [0.25, 0.3) is 0 Å². The molecule has 0 aliphatic heterocycles. The molecular formula is C11H16N2O2. The van der Waals surface area contributed by atoms with Crippen LogP contribution < -0.4 is 11.1 Å². The predicted octanol–water partition coefficient (Wildman–Crippen LogP) is 0.574. The number of ether oxygens (including phenoxy) is 1. The lowest BCUT2D eigenvalue weighted by atomic mass is 10.1. The molecular weight excluding hydrogens is 192 g/mol. The Morgan fingerprint density at radius 2 is 2.07 bits per heavy atom. The second-order valence-corrected chi connectivity index (χ2v) is 3.27. The van der Waals surface area contributed by atoms with Crippen LogP contribution in [0.3, 0.4) is 0 Å². The standard InChI is InChI=1S/C11H16N2O2/c1-15-8-11(14)13-7-6-9-2-4-10(12)5-3-9/h2-5H,6-8,12H2,1H3,(H,13,14). The van der Waals surface area contributed by atoms with Crippen molar-refractivity contribution in [3.63, 3.8) is 0 Å². The highest BCUT2D eigenvalue weighted by atomic mass is 16.5. The van der Waals surface area contributed by atoms with Crippen molar-refractivity contribution in [1.29, 1.82) is 0 Å². The molecule has 0 aliphatic carbocycles. The van der Waals surface area contributed by atoms with Crippen molar-refractivity contribution >= 4 is 11.6 Å². The molecule has 15 heavy (non-hydrogen) atoms. The Balaban J connectivity index is 2.26. The number of methoxy groups -OCH3 is 1. The molecule has 0 spiro atoms. The summed E-state index contributed by atoms with van der Waals surface area (Å²) in [7, 11) is 1.50. The summed E-state index contributed by atoms with van der Waals surface area (Å²) in [5.41, 5.74) is 7.46. The van der Waals surface area contributed by atoms with Gasteiger partial charge in [0.2, 0.25) is 5.91 Å². The molecule has 0 atom stereocenters. The van der Waals surface area contributed by atoms with Crippen molar-refractivity contribution in [2.75, 3.05) is 26.0 Å². The SMILES string of the molecule is COCC(=O)NCCc1ccc(N)cc1. The first-order valence-corrected chi connectivity index (χ1v) is 4.82. The van der Waals surface area contributed by atoms with Crippen LogP contribution >= 0.6 is 0 Å². The van der Waals surface area contributed by atoms with Gasteiger partial charge in [-0.15, -0.1) is 0 Å². The number of carbonyl (C=O) groups is 1. The van der Waals surface area contributed by atoms with E-state index in [1.54, 1.807) is 0 Å². The molecule has 0 saturated carbocycles. The summed E-state index contributed by atoms with van der Waals surface area (Å²) in [4.78, 5) is 11.0. The molecule has 3 N–H and O–H groups in total. The van der Waals surface area contributed by atoms with E-state index in [1.807, 2.05) is 24.3 Å². The summed E-state index contributed by atoms with van der Waals surface area (Å²) < 4.78 is 4.69. The quantitative estimate of drug-likeness (QED) is 0.695. The van der Waals surface area contributed by atoms with Crippen molar-refractivity contribution in [3.05, 3.63) is 29.8 Å². The number of benzene rings is 1. The number of amides is 1. The van der Waals surface area contributed by atoms with Gasteiger partial charge in [-0.25, -0.2) is 0 Å². The van der Waals surface area contributed by atoms with E-state index in [1.165, 1.54) is 7.11 Å². The molecule has 0 saturated heterocycles. The van der Waals surface area contributed by atoms with Gasteiger partial charge in [-0.3, -0.25) is 4.79 Å². The Kier molecular flexibility index (Phi) is 4.63. The first-order valence-electron chi connectivity index (χ1n) is 4.82. The number of nitrogen functional groups attached to an aromatic ring is 1. The average molecular weight is 208 g/mol. The third-order valence-electron chi connectivity index (χ3n) is 1.99. The molecule has 1 aromatic carbocycles. The fourth-order valence-electron chi connectivity index (χ4n) is 1.21. The van der Waals surface area contributed by atoms with E-state index in [4.69, 9.17) is 10.5 Å². The molecule has 1 amide bonds. The van der Waals surface area contributed by atoms with Gasteiger partial charge in [-0.1, -0.05) is 12.1 Å². The zero-order chi connectivity index (χ0) is 11.1. The van der Waals surface area contributed by atoms with Crippen LogP contribution in [0.15, 0.2) is 24.3 Å². The number of anilines is 1. The average Bonchev–Trinajstić information content (AvgIpc) is 2.21. The molecule has 0 radical (unpaired) electrons. The van der Waals surface area contributed by atoms with E-state index in [-0.39, 0.29) is 12.5 Å². The van der Waals surface area contributed by atoms with Crippen LogP contribution in [0, 0.1) is 0 Å². The van der Waals surface area contributed by atoms with E-state index in [2.05, 4.69) is 5.32 Å². The molecule has 4 nitrogen and oxygen atoms in total. The summed E-state index contributed by atoms with van der Waals surface area (Å²) in [6, 6.07) is 7.62. The zero-order valence-electron chi connectivity index (χ0n) is 8.82. The van der Waals surface area contributed by atoms with Gasteiger partial charge in [0, 0.05) is 19.3 Å². The lowest BCUT2D eigenvalue weighted by Crippen LogP contribution is -2.28. The normalized spacial score (nSPS) is 9.93. The Morgan fingerprint density at radius 3 is 2.67 bits per heavy atom. The lowest BCUT2D eigenvalue weighted by Gasteiger charge is -2.04. The molecule has 1 aromatic rings. The lowest BCUT2D eigenvalue weighted by molar-refractivity contribution is -0.124. The van der Waals surface area contributed by atoms with E-state index < -0.39 is 0 Å². The van der Waals surface area contributed by atoms with Crippen LogP contribution in [0.4, 0.5) is 5.69 Å². The number of hydrogen-bond donors (Lipinski definition) is 2. The van der Waals surface area contributed by atoms with E-state index >= 15 is 0 Å². The van der Waals surface area contributed by atoms with Crippen molar-refractivity contribution < 1.29 is 9.53 Å². The third kappa shape index (κ3) is 4.46. The molecule has 0 unspecified atom stereocenters. The van der Waals surface area contributed by atoms with Crippen LogP contribution in [0.2, 0.25) is 0 Å². The fraction of sp³-hybridized carbons (Fsp3) is 0.364. The maximum absolute atomic E-state index is 11.0. The van der Waals surface area contributed by atoms with Crippen molar-refractivity contribution in [2.24, 2.45) is 0 Å². The van der Waals surface area contributed by atoms with E-state index in [0.29, 0.717) is 6.54 Å². The number of rotatable bonds is 5. The van der Waals surface area contributed by atoms with Crippen LogP contribution in [-0.4, -0.2) is 26.2 Å². The van der Waals surface area contributed by atoms with Gasteiger partial charge in [-0.05, 0) is 24.1 Å². The minimum Gasteiger partial charge on any atom is -0.399 e. The Morgan fingerprint density at radius 1 is 1.40 bits per heavy atom. The first kappa shape index (κ1) is 11.5. The van der Waals surface area contributed by atoms with Crippen molar-refractivity contribution in [2.45, 2.75) is 6.42 Å². The summed E-state index contributed by atoms with van der Waals surface area (Å²) in [5.74, 6) is -0.0899. The molecule has 4 heteroatoms. The van der Waals surface area contributed by atoms with Crippen molar-refractivity contribution in [3.8, 4) is 0 Å². The summed E-state index contributed by atoms with van der Waals surface area (Å²) in [6.45, 7) is 0.730. The van der Waals surface area contributed by atoms with Gasteiger partial charge >= 0.3 is 0 Å². The number of nitrogens with two attached hydrogens (primary N) is 1. The highest BCUT2D eigenvalue weighted by Crippen LogP contribution is 2.05. The van der Waals surface area contributed by atoms with E-state index in [9.17, 15) is 4.79 Å². The minimum absolute atomic E-state index is 0.0899. The van der Waals surface area contributed by atoms with Gasteiger partial charge in [0.1, 0.15) is 6.61 Å². The second-order valence-electron chi connectivity index (χ2n) is 3.27. The van der Waals surface area contributed by atoms with Crippen molar-refractivity contribution in [1.82, 2.24) is 5.32 Å². The Bertz CT molecular complexity index is 309. The topological polar surface area (TPSA) is 64.3 Å². The molecule has 0 bridgehead atoms. The molecule has 0 fully saturated rings. The highest BCUT2D eigenvalue weighted by Gasteiger charge is 1.98. The molecule has 82 valence electrons. The second kappa shape index (κ2) is 6.03. The van der Waals surface area contributed by atoms with Gasteiger partial charge in [0.25, 0.3) is 0 Å². The molecule has 1 rings (SSSR count). The smallest absolute Gasteiger partial charge is 0.245 e. The molecule has 0 aliphatic rings. The first-order chi connectivity index (χ1) is 7.22. The number of carbonyl (C=O) groups excluding carboxylic acids is 1. The van der Waals surface area contributed by atoms with Crippen LogP contribution in [0.1, 0.15) is 5.56 Å². The highest BCUT2D eigenvalue weighted by molar-refractivity contribution is 5.77. The molecule has 0 heterocycles. The largest absolute Gasteiger partial charge is 0.399 e. The maximum Gasteiger partial charge on any atom is 0.245 e. The number of hydrogen-bond acceptors (Lipinski definition) is 3.